The third-order valence-corrected chi connectivity index (χ3v) is 4.56. The van der Waals surface area contributed by atoms with Crippen LogP contribution >= 0.6 is 11.8 Å². The van der Waals surface area contributed by atoms with Crippen molar-refractivity contribution >= 4 is 29.1 Å². The summed E-state index contributed by atoms with van der Waals surface area (Å²) in [6, 6.07) is 2.79. The fraction of sp³-hybridized carbons (Fsp3) is 0.583. The molecule has 0 spiro atoms. The third-order valence-electron chi connectivity index (χ3n) is 3.19. The number of nitrogens with zero attached hydrogens (tertiary/aromatic N) is 3. The lowest BCUT2D eigenvalue weighted by Gasteiger charge is -2.23. The third kappa shape index (κ3) is 3.50. The highest BCUT2D eigenvalue weighted by atomic mass is 32.2. The molecule has 0 bridgehead atoms. The first kappa shape index (κ1) is 13.9. The van der Waals surface area contributed by atoms with Crippen LogP contribution in [0.1, 0.15) is 20.3 Å². The molecular weight excluding hydrogens is 264 g/mol. The van der Waals surface area contributed by atoms with Crippen LogP contribution in [0.2, 0.25) is 0 Å². The number of hydrogen-bond acceptors (Lipinski definition) is 6. The Morgan fingerprint density at radius 2 is 2.21 bits per heavy atom. The normalized spacial score (nSPS) is 18.9. The zero-order valence-electron chi connectivity index (χ0n) is 11.1. The van der Waals surface area contributed by atoms with Crippen LogP contribution in [-0.2, 0) is 0 Å². The van der Waals surface area contributed by atoms with E-state index in [9.17, 15) is 10.1 Å². The maximum absolute atomic E-state index is 10.9. The predicted octanol–water partition coefficient (Wildman–Crippen LogP) is 2.29. The molecule has 1 saturated heterocycles. The Morgan fingerprint density at radius 1 is 1.47 bits per heavy atom. The van der Waals surface area contributed by atoms with E-state index in [4.69, 9.17) is 5.73 Å². The van der Waals surface area contributed by atoms with Gasteiger partial charge in [-0.15, -0.1) is 0 Å². The molecule has 1 fully saturated rings. The fourth-order valence-electron chi connectivity index (χ4n) is 2.04. The minimum absolute atomic E-state index is 0.00124. The van der Waals surface area contributed by atoms with Gasteiger partial charge in [-0.3, -0.25) is 10.1 Å². The van der Waals surface area contributed by atoms with Crippen LogP contribution in [-0.4, -0.2) is 33.5 Å². The van der Waals surface area contributed by atoms with Gasteiger partial charge < -0.3 is 10.6 Å². The molecular formula is C12H18N4O2S. The van der Waals surface area contributed by atoms with Gasteiger partial charge in [-0.05, 0) is 6.42 Å². The smallest absolute Gasteiger partial charge is 0.276 e. The van der Waals surface area contributed by atoms with E-state index in [2.05, 4.69) is 23.7 Å². The lowest BCUT2D eigenvalue weighted by atomic mass is 10.1. The first-order chi connectivity index (χ1) is 8.87. The monoisotopic (exact) mass is 282 g/mol. The number of aromatic nitrogens is 1. The lowest BCUT2D eigenvalue weighted by molar-refractivity contribution is -0.384. The van der Waals surface area contributed by atoms with E-state index in [0.29, 0.717) is 5.82 Å². The molecule has 6 nitrogen and oxygen atoms in total. The minimum atomic E-state index is -0.432. The molecule has 1 aliphatic rings. The van der Waals surface area contributed by atoms with E-state index in [1.165, 1.54) is 12.1 Å². The Labute approximate surface area is 116 Å². The average Bonchev–Trinajstić information content (AvgIpc) is 2.49. The van der Waals surface area contributed by atoms with Crippen molar-refractivity contribution in [3.63, 3.8) is 0 Å². The molecule has 0 aliphatic carbocycles. The van der Waals surface area contributed by atoms with Crippen molar-refractivity contribution in [1.29, 1.82) is 0 Å². The number of nitrogen functional groups attached to an aromatic ring is 1. The van der Waals surface area contributed by atoms with Crippen molar-refractivity contribution in [2.45, 2.75) is 25.0 Å². The summed E-state index contributed by atoms with van der Waals surface area (Å²) in [6.07, 6.45) is 1.02. The number of hydrogen-bond donors (Lipinski definition) is 1. The van der Waals surface area contributed by atoms with Crippen LogP contribution in [0.25, 0.3) is 0 Å². The number of nitrogens with two attached hydrogens (primary N) is 1. The van der Waals surface area contributed by atoms with E-state index < -0.39 is 4.92 Å². The summed E-state index contributed by atoms with van der Waals surface area (Å²) < 4.78 is 0.237. The molecule has 0 aromatic carbocycles. The highest BCUT2D eigenvalue weighted by Gasteiger charge is 2.25. The Bertz CT molecular complexity index is 493. The number of anilines is 2. The maximum atomic E-state index is 10.9. The van der Waals surface area contributed by atoms with Crippen LogP contribution in [0.5, 0.6) is 0 Å². The van der Waals surface area contributed by atoms with Gasteiger partial charge in [-0.2, -0.15) is 11.8 Å². The molecule has 1 aromatic rings. The molecule has 2 heterocycles. The van der Waals surface area contributed by atoms with Crippen molar-refractivity contribution in [2.24, 2.45) is 0 Å². The molecule has 1 aliphatic heterocycles. The topological polar surface area (TPSA) is 85.3 Å². The first-order valence-electron chi connectivity index (χ1n) is 6.18. The summed E-state index contributed by atoms with van der Waals surface area (Å²) in [5.74, 6) is 1.78. The molecule has 2 rings (SSSR count). The summed E-state index contributed by atoms with van der Waals surface area (Å²) in [7, 11) is 0. The summed E-state index contributed by atoms with van der Waals surface area (Å²) >= 11 is 1.92. The van der Waals surface area contributed by atoms with Gasteiger partial charge >= 0.3 is 0 Å². The van der Waals surface area contributed by atoms with Crippen molar-refractivity contribution in [2.75, 3.05) is 29.5 Å². The van der Waals surface area contributed by atoms with Gasteiger partial charge in [0, 0.05) is 23.6 Å². The minimum Gasteiger partial charge on any atom is -0.383 e. The second kappa shape index (κ2) is 5.24. The van der Waals surface area contributed by atoms with Crippen LogP contribution in [0.15, 0.2) is 12.1 Å². The number of nitro groups is 1. The second-order valence-electron chi connectivity index (χ2n) is 5.21. The summed E-state index contributed by atoms with van der Waals surface area (Å²) in [4.78, 5) is 16.7. The van der Waals surface area contributed by atoms with E-state index in [0.717, 1.165) is 25.3 Å². The van der Waals surface area contributed by atoms with Gasteiger partial charge in [0.05, 0.1) is 17.1 Å². The van der Waals surface area contributed by atoms with Crippen LogP contribution in [0.4, 0.5) is 17.3 Å². The lowest BCUT2D eigenvalue weighted by Crippen LogP contribution is -2.28. The highest BCUT2D eigenvalue weighted by Crippen LogP contribution is 2.32. The Balaban J connectivity index is 2.24. The van der Waals surface area contributed by atoms with Gasteiger partial charge in [-0.25, -0.2) is 4.98 Å². The molecule has 7 heteroatoms. The molecule has 19 heavy (non-hydrogen) atoms. The first-order valence-corrected chi connectivity index (χ1v) is 7.17. The number of thioether (sulfide) groups is 1. The van der Waals surface area contributed by atoms with Gasteiger partial charge in [0.25, 0.3) is 5.69 Å². The molecule has 0 saturated carbocycles. The molecule has 2 N–H and O–H groups in total. The summed E-state index contributed by atoms with van der Waals surface area (Å²) in [5, 5.41) is 10.9. The van der Waals surface area contributed by atoms with E-state index in [1.54, 1.807) is 0 Å². The van der Waals surface area contributed by atoms with Crippen LogP contribution in [0.3, 0.4) is 0 Å². The molecule has 0 amide bonds. The zero-order chi connectivity index (χ0) is 14.0. The molecule has 1 aromatic heterocycles. The van der Waals surface area contributed by atoms with E-state index in [1.807, 2.05) is 11.8 Å². The largest absolute Gasteiger partial charge is 0.383 e. The van der Waals surface area contributed by atoms with E-state index >= 15 is 0 Å². The standard InChI is InChI=1S/C12H18N4O2S/c1-12(2)3-4-15(5-6-19-12)11-8-9(16(17)18)7-10(13)14-11/h7-8H,3-6H2,1-2H3,(H2,13,14). The SMILES string of the molecule is CC1(C)CCN(c2cc([N+](=O)[O-])cc(N)n2)CCS1. The highest BCUT2D eigenvalue weighted by molar-refractivity contribution is 8.00. The Hall–Kier alpha value is -1.50. The predicted molar refractivity (Wildman–Crippen MR) is 78.7 cm³/mol. The quantitative estimate of drug-likeness (QED) is 0.661. The van der Waals surface area contributed by atoms with Gasteiger partial charge in [0.15, 0.2) is 0 Å². The van der Waals surface area contributed by atoms with Crippen molar-refractivity contribution < 1.29 is 4.92 Å². The fourth-order valence-corrected chi connectivity index (χ4v) is 3.14. The van der Waals surface area contributed by atoms with E-state index in [-0.39, 0.29) is 16.3 Å². The maximum Gasteiger partial charge on any atom is 0.276 e. The van der Waals surface area contributed by atoms with Gasteiger partial charge in [0.1, 0.15) is 11.6 Å². The van der Waals surface area contributed by atoms with Crippen molar-refractivity contribution in [1.82, 2.24) is 4.98 Å². The Kier molecular flexibility index (Phi) is 3.84. The summed E-state index contributed by atoms with van der Waals surface area (Å²) in [5.41, 5.74) is 5.65. The molecule has 0 unspecified atom stereocenters. The van der Waals surface area contributed by atoms with Crippen molar-refractivity contribution in [3.8, 4) is 0 Å². The van der Waals surface area contributed by atoms with Crippen molar-refractivity contribution in [3.05, 3.63) is 22.2 Å². The van der Waals surface area contributed by atoms with Crippen LogP contribution in [0, 0.1) is 10.1 Å². The number of pyridine rings is 1. The zero-order valence-corrected chi connectivity index (χ0v) is 11.9. The molecule has 104 valence electrons. The van der Waals surface area contributed by atoms with Gasteiger partial charge in [-0.1, -0.05) is 13.8 Å². The Morgan fingerprint density at radius 3 is 2.89 bits per heavy atom. The van der Waals surface area contributed by atoms with Crippen LogP contribution < -0.4 is 10.6 Å². The van der Waals surface area contributed by atoms with Gasteiger partial charge in [0.2, 0.25) is 0 Å². The second-order valence-corrected chi connectivity index (χ2v) is 7.01. The average molecular weight is 282 g/mol. The molecule has 0 radical (unpaired) electrons. The summed E-state index contributed by atoms with van der Waals surface area (Å²) in [6.45, 7) is 6.11. The molecule has 0 atom stereocenters. The number of rotatable bonds is 2.